The molecule has 0 saturated heterocycles. The topological polar surface area (TPSA) is 41.1 Å². The zero-order chi connectivity index (χ0) is 12.7. The molecule has 2 N–H and O–H groups in total. The Morgan fingerprint density at radius 1 is 1.29 bits per heavy atom. The van der Waals surface area contributed by atoms with Gasteiger partial charge < -0.3 is 10.6 Å². The minimum atomic E-state index is 0.0109. The Balaban J connectivity index is 2.32. The first-order chi connectivity index (χ1) is 8.11. The first-order valence-electron chi connectivity index (χ1n) is 6.21. The number of amides is 1. The number of aryl methyl sites for hydroxylation is 1. The lowest BCUT2D eigenvalue weighted by Gasteiger charge is -2.12. The van der Waals surface area contributed by atoms with Gasteiger partial charge in [-0.2, -0.15) is 0 Å². The van der Waals surface area contributed by atoms with E-state index in [2.05, 4.69) is 24.5 Å². The summed E-state index contributed by atoms with van der Waals surface area (Å²) in [5.41, 5.74) is 2.04. The summed E-state index contributed by atoms with van der Waals surface area (Å²) in [5.74, 6) is 0.0109. The van der Waals surface area contributed by atoms with Crippen molar-refractivity contribution in [3.63, 3.8) is 0 Å². The number of nitrogens with one attached hydrogen (secondary N) is 2. The van der Waals surface area contributed by atoms with Crippen molar-refractivity contribution in [1.82, 2.24) is 5.32 Å². The molecule has 0 radical (unpaired) electrons. The summed E-state index contributed by atoms with van der Waals surface area (Å²) in [7, 11) is 0. The van der Waals surface area contributed by atoms with Crippen molar-refractivity contribution in [3.8, 4) is 0 Å². The molecule has 1 amide bonds. The molecule has 1 rings (SSSR count). The van der Waals surface area contributed by atoms with Crippen LogP contribution in [0.4, 0.5) is 5.69 Å². The monoisotopic (exact) mass is 234 g/mol. The average molecular weight is 234 g/mol. The molecule has 1 aromatic carbocycles. The van der Waals surface area contributed by atoms with Crippen LogP contribution in [0.5, 0.6) is 0 Å². The molecule has 0 aliphatic carbocycles. The molecule has 94 valence electrons. The number of carbonyl (C=O) groups is 1. The van der Waals surface area contributed by atoms with Gasteiger partial charge in [0.2, 0.25) is 5.91 Å². The van der Waals surface area contributed by atoms with Crippen molar-refractivity contribution in [2.24, 2.45) is 0 Å². The molecule has 17 heavy (non-hydrogen) atoms. The van der Waals surface area contributed by atoms with E-state index in [-0.39, 0.29) is 5.91 Å². The highest BCUT2D eigenvalue weighted by Gasteiger charge is 2.04. The number of hydrogen-bond acceptors (Lipinski definition) is 2. The van der Waals surface area contributed by atoms with Crippen LogP contribution in [0.2, 0.25) is 0 Å². The maximum Gasteiger partial charge on any atom is 0.238 e. The molecule has 0 aliphatic rings. The van der Waals surface area contributed by atoms with Gasteiger partial charge in [0.05, 0.1) is 6.54 Å². The highest BCUT2D eigenvalue weighted by Crippen LogP contribution is 2.08. The van der Waals surface area contributed by atoms with Gasteiger partial charge in [-0.05, 0) is 32.4 Å². The van der Waals surface area contributed by atoms with E-state index in [1.165, 1.54) is 5.56 Å². The molecule has 0 bridgehead atoms. The van der Waals surface area contributed by atoms with Crippen molar-refractivity contribution in [3.05, 3.63) is 29.8 Å². The van der Waals surface area contributed by atoms with Crippen molar-refractivity contribution < 1.29 is 4.79 Å². The minimum Gasteiger partial charge on any atom is -0.325 e. The number of hydrogen-bond donors (Lipinski definition) is 2. The molecule has 0 heterocycles. The molecule has 0 saturated carbocycles. The second-order valence-corrected chi connectivity index (χ2v) is 4.48. The molecule has 1 aromatic rings. The SMILES string of the molecule is CCCC(C)NCC(=O)Nc1ccc(C)cc1. The maximum atomic E-state index is 11.6. The highest BCUT2D eigenvalue weighted by molar-refractivity contribution is 5.92. The Kier molecular flexibility index (Phi) is 5.70. The molecule has 0 aromatic heterocycles. The predicted molar refractivity (Wildman–Crippen MR) is 72.2 cm³/mol. The van der Waals surface area contributed by atoms with Gasteiger partial charge >= 0.3 is 0 Å². The molecule has 0 aliphatic heterocycles. The van der Waals surface area contributed by atoms with Crippen molar-refractivity contribution in [2.75, 3.05) is 11.9 Å². The standard InChI is InChI=1S/C14H22N2O/c1-4-5-12(3)15-10-14(17)16-13-8-6-11(2)7-9-13/h6-9,12,15H,4-5,10H2,1-3H3,(H,16,17). The Morgan fingerprint density at radius 3 is 2.53 bits per heavy atom. The van der Waals surface area contributed by atoms with Gasteiger partial charge in [-0.15, -0.1) is 0 Å². The van der Waals surface area contributed by atoms with Crippen LogP contribution in [0.25, 0.3) is 0 Å². The van der Waals surface area contributed by atoms with E-state index in [0.717, 1.165) is 18.5 Å². The molecule has 0 spiro atoms. The van der Waals surface area contributed by atoms with Crippen molar-refractivity contribution >= 4 is 11.6 Å². The van der Waals surface area contributed by atoms with Crippen molar-refractivity contribution in [1.29, 1.82) is 0 Å². The van der Waals surface area contributed by atoms with Gasteiger partial charge in [0.25, 0.3) is 0 Å². The van der Waals surface area contributed by atoms with E-state index in [4.69, 9.17) is 0 Å². The average Bonchev–Trinajstić information content (AvgIpc) is 2.30. The van der Waals surface area contributed by atoms with Gasteiger partial charge in [0.15, 0.2) is 0 Å². The van der Waals surface area contributed by atoms with Crippen LogP contribution in [0.1, 0.15) is 32.3 Å². The third-order valence-corrected chi connectivity index (χ3v) is 2.67. The van der Waals surface area contributed by atoms with Crippen molar-refractivity contribution in [2.45, 2.75) is 39.7 Å². The summed E-state index contributed by atoms with van der Waals surface area (Å²) in [6, 6.07) is 8.21. The van der Waals surface area contributed by atoms with Crippen LogP contribution in [0, 0.1) is 6.92 Å². The Bertz CT molecular complexity index is 346. The zero-order valence-corrected chi connectivity index (χ0v) is 10.9. The summed E-state index contributed by atoms with van der Waals surface area (Å²) in [6.45, 7) is 6.64. The zero-order valence-electron chi connectivity index (χ0n) is 10.9. The largest absolute Gasteiger partial charge is 0.325 e. The Morgan fingerprint density at radius 2 is 1.94 bits per heavy atom. The molecular weight excluding hydrogens is 212 g/mol. The quantitative estimate of drug-likeness (QED) is 0.794. The fraction of sp³-hybridized carbons (Fsp3) is 0.500. The lowest BCUT2D eigenvalue weighted by atomic mass is 10.2. The molecular formula is C14H22N2O. The van der Waals surface area contributed by atoms with E-state index in [9.17, 15) is 4.79 Å². The third-order valence-electron chi connectivity index (χ3n) is 2.67. The summed E-state index contributed by atoms with van der Waals surface area (Å²) in [5, 5.41) is 6.07. The van der Waals surface area contributed by atoms with E-state index in [1.807, 2.05) is 31.2 Å². The van der Waals surface area contributed by atoms with Crippen LogP contribution in [0.3, 0.4) is 0 Å². The second kappa shape index (κ2) is 7.07. The number of anilines is 1. The normalized spacial score (nSPS) is 12.2. The number of carbonyl (C=O) groups excluding carboxylic acids is 1. The van der Waals surface area contributed by atoms with Crippen LogP contribution >= 0.6 is 0 Å². The fourth-order valence-electron chi connectivity index (χ4n) is 1.64. The smallest absolute Gasteiger partial charge is 0.238 e. The van der Waals surface area contributed by atoms with Crippen LogP contribution in [-0.4, -0.2) is 18.5 Å². The van der Waals surface area contributed by atoms with Gasteiger partial charge in [0, 0.05) is 11.7 Å². The fourth-order valence-corrected chi connectivity index (χ4v) is 1.64. The first kappa shape index (κ1) is 13.7. The Hall–Kier alpha value is -1.35. The van der Waals surface area contributed by atoms with E-state index in [1.54, 1.807) is 0 Å². The van der Waals surface area contributed by atoms with Gasteiger partial charge in [-0.1, -0.05) is 31.0 Å². The number of rotatable bonds is 6. The third kappa shape index (κ3) is 5.50. The summed E-state index contributed by atoms with van der Waals surface area (Å²) in [4.78, 5) is 11.6. The molecule has 3 heteroatoms. The summed E-state index contributed by atoms with van der Waals surface area (Å²) < 4.78 is 0. The lowest BCUT2D eigenvalue weighted by Crippen LogP contribution is -2.34. The van der Waals surface area contributed by atoms with Crippen LogP contribution in [-0.2, 0) is 4.79 Å². The van der Waals surface area contributed by atoms with Gasteiger partial charge in [-0.3, -0.25) is 4.79 Å². The lowest BCUT2D eigenvalue weighted by molar-refractivity contribution is -0.115. The second-order valence-electron chi connectivity index (χ2n) is 4.48. The van der Waals surface area contributed by atoms with E-state index in [0.29, 0.717) is 12.6 Å². The Labute approximate surface area is 104 Å². The minimum absolute atomic E-state index is 0.0109. The maximum absolute atomic E-state index is 11.6. The van der Waals surface area contributed by atoms with Crippen LogP contribution in [0.15, 0.2) is 24.3 Å². The van der Waals surface area contributed by atoms with Gasteiger partial charge in [-0.25, -0.2) is 0 Å². The highest BCUT2D eigenvalue weighted by atomic mass is 16.1. The molecule has 0 fully saturated rings. The first-order valence-corrected chi connectivity index (χ1v) is 6.21. The van der Waals surface area contributed by atoms with Crippen LogP contribution < -0.4 is 10.6 Å². The molecule has 1 unspecified atom stereocenters. The van der Waals surface area contributed by atoms with E-state index < -0.39 is 0 Å². The van der Waals surface area contributed by atoms with Gasteiger partial charge in [0.1, 0.15) is 0 Å². The number of benzene rings is 1. The molecule has 3 nitrogen and oxygen atoms in total. The van der Waals surface area contributed by atoms with E-state index >= 15 is 0 Å². The summed E-state index contributed by atoms with van der Waals surface area (Å²) in [6.07, 6.45) is 2.23. The summed E-state index contributed by atoms with van der Waals surface area (Å²) >= 11 is 0. The predicted octanol–water partition coefficient (Wildman–Crippen LogP) is 2.71. The molecule has 1 atom stereocenters.